The zero-order valence-corrected chi connectivity index (χ0v) is 9.09. The van der Waals surface area contributed by atoms with Crippen LogP contribution in [0, 0.1) is 0 Å². The third kappa shape index (κ3) is 2.09. The molecule has 3 nitrogen and oxygen atoms in total. The Kier molecular flexibility index (Phi) is 3.27. The van der Waals surface area contributed by atoms with Gasteiger partial charge < -0.3 is 14.3 Å². The molecule has 1 N–H and O–H groups in total. The molecule has 1 aromatic carbocycles. The molecular weight excluding hydrogens is 204 g/mol. The number of hydrogen-bond donors (Lipinski definition) is 1. The van der Waals surface area contributed by atoms with E-state index in [1.165, 1.54) is 0 Å². The summed E-state index contributed by atoms with van der Waals surface area (Å²) in [5.74, 6) is 1.21. The summed E-state index contributed by atoms with van der Waals surface area (Å²) in [6.07, 6.45) is 0.764. The van der Waals surface area contributed by atoms with Gasteiger partial charge in [0.25, 0.3) is 0 Å². The van der Waals surface area contributed by atoms with Crippen molar-refractivity contribution in [2.45, 2.75) is 13.0 Å². The summed E-state index contributed by atoms with van der Waals surface area (Å²) in [6, 6.07) is 10.9. The molecule has 0 aliphatic rings. The average Bonchev–Trinajstić information content (AvgIpc) is 2.83. The van der Waals surface area contributed by atoms with Crippen LogP contribution in [0.4, 0.5) is 0 Å². The Morgan fingerprint density at radius 2 is 2.06 bits per heavy atom. The zero-order chi connectivity index (χ0) is 11.4. The molecule has 0 spiro atoms. The Morgan fingerprint density at radius 3 is 2.75 bits per heavy atom. The predicted molar refractivity (Wildman–Crippen MR) is 60.4 cm³/mol. The highest BCUT2D eigenvalue weighted by atomic mass is 16.5. The predicted octanol–water partition coefficient (Wildman–Crippen LogP) is 2.76. The van der Waals surface area contributed by atoms with Crippen LogP contribution in [0.15, 0.2) is 47.1 Å². The van der Waals surface area contributed by atoms with Crippen molar-refractivity contribution in [3.8, 4) is 5.75 Å². The largest absolute Gasteiger partial charge is 0.493 e. The van der Waals surface area contributed by atoms with E-state index in [9.17, 15) is 5.11 Å². The number of ether oxygens (including phenoxy) is 1. The Morgan fingerprint density at radius 1 is 1.25 bits per heavy atom. The first-order valence-electron chi connectivity index (χ1n) is 5.26. The molecule has 16 heavy (non-hydrogen) atoms. The summed E-state index contributed by atoms with van der Waals surface area (Å²) >= 11 is 0. The quantitative estimate of drug-likeness (QED) is 0.858. The molecule has 1 unspecified atom stereocenters. The molecule has 1 heterocycles. The summed E-state index contributed by atoms with van der Waals surface area (Å²) in [5.41, 5.74) is 0.722. The van der Waals surface area contributed by atoms with Crippen molar-refractivity contribution in [1.82, 2.24) is 0 Å². The van der Waals surface area contributed by atoms with Gasteiger partial charge in [0.2, 0.25) is 0 Å². The first kappa shape index (κ1) is 10.8. The summed E-state index contributed by atoms with van der Waals surface area (Å²) in [4.78, 5) is 0. The van der Waals surface area contributed by atoms with Crippen LogP contribution in [-0.2, 0) is 0 Å². The highest BCUT2D eigenvalue weighted by Gasteiger charge is 2.17. The second kappa shape index (κ2) is 4.86. The van der Waals surface area contributed by atoms with Gasteiger partial charge in [0.05, 0.1) is 12.9 Å². The lowest BCUT2D eigenvalue weighted by molar-refractivity contribution is 0.183. The van der Waals surface area contributed by atoms with Crippen molar-refractivity contribution in [1.29, 1.82) is 0 Å². The summed E-state index contributed by atoms with van der Waals surface area (Å²) in [7, 11) is 0. The molecule has 0 amide bonds. The first-order valence-corrected chi connectivity index (χ1v) is 5.26. The van der Waals surface area contributed by atoms with E-state index in [1.54, 1.807) is 18.4 Å². The maximum Gasteiger partial charge on any atom is 0.140 e. The topological polar surface area (TPSA) is 42.6 Å². The molecule has 0 saturated heterocycles. The van der Waals surface area contributed by atoms with E-state index in [4.69, 9.17) is 9.15 Å². The molecule has 0 saturated carbocycles. The monoisotopic (exact) mass is 218 g/mol. The molecular formula is C13H14O3. The van der Waals surface area contributed by atoms with E-state index in [-0.39, 0.29) is 0 Å². The first-order chi connectivity index (χ1) is 7.83. The number of aliphatic hydroxyl groups is 1. The van der Waals surface area contributed by atoms with Crippen molar-refractivity contribution >= 4 is 0 Å². The Bertz CT molecular complexity index is 434. The van der Waals surface area contributed by atoms with Gasteiger partial charge in [-0.3, -0.25) is 0 Å². The Labute approximate surface area is 94.3 Å². The smallest absolute Gasteiger partial charge is 0.140 e. The van der Waals surface area contributed by atoms with Gasteiger partial charge in [0.15, 0.2) is 0 Å². The number of hydrogen-bond acceptors (Lipinski definition) is 3. The van der Waals surface area contributed by atoms with E-state index in [1.807, 2.05) is 31.2 Å². The number of rotatable bonds is 4. The minimum Gasteiger partial charge on any atom is -0.493 e. The number of aliphatic hydroxyl groups excluding tert-OH is 1. The van der Waals surface area contributed by atoms with Crippen LogP contribution < -0.4 is 4.74 Å². The van der Waals surface area contributed by atoms with Crippen LogP contribution in [0.1, 0.15) is 24.4 Å². The summed E-state index contributed by atoms with van der Waals surface area (Å²) < 4.78 is 10.6. The Hall–Kier alpha value is -1.74. The van der Waals surface area contributed by atoms with E-state index in [0.717, 1.165) is 5.56 Å². The molecule has 0 aliphatic heterocycles. The van der Waals surface area contributed by atoms with E-state index < -0.39 is 6.10 Å². The SMILES string of the molecule is CCOc1ccccc1C(O)c1ccco1. The maximum atomic E-state index is 10.1. The fourth-order valence-corrected chi connectivity index (χ4v) is 1.59. The summed E-state index contributed by atoms with van der Waals surface area (Å²) in [6.45, 7) is 2.48. The third-order valence-electron chi connectivity index (χ3n) is 2.33. The number of furan rings is 1. The zero-order valence-electron chi connectivity index (χ0n) is 9.09. The van der Waals surface area contributed by atoms with Crippen LogP contribution >= 0.6 is 0 Å². The average molecular weight is 218 g/mol. The van der Waals surface area contributed by atoms with Gasteiger partial charge >= 0.3 is 0 Å². The van der Waals surface area contributed by atoms with E-state index in [2.05, 4.69) is 0 Å². The van der Waals surface area contributed by atoms with Gasteiger partial charge in [0.1, 0.15) is 17.6 Å². The lowest BCUT2D eigenvalue weighted by Crippen LogP contribution is -2.02. The van der Waals surface area contributed by atoms with Gasteiger partial charge in [-0.25, -0.2) is 0 Å². The molecule has 0 aliphatic carbocycles. The molecule has 1 aromatic heterocycles. The molecule has 3 heteroatoms. The highest BCUT2D eigenvalue weighted by molar-refractivity contribution is 5.38. The van der Waals surface area contributed by atoms with Gasteiger partial charge in [-0.1, -0.05) is 18.2 Å². The van der Waals surface area contributed by atoms with Crippen molar-refractivity contribution in [3.63, 3.8) is 0 Å². The fourth-order valence-electron chi connectivity index (χ4n) is 1.59. The highest BCUT2D eigenvalue weighted by Crippen LogP contribution is 2.29. The van der Waals surface area contributed by atoms with Crippen LogP contribution in [0.2, 0.25) is 0 Å². The number of para-hydroxylation sites is 1. The van der Waals surface area contributed by atoms with Crippen LogP contribution in [0.3, 0.4) is 0 Å². The molecule has 0 fully saturated rings. The lowest BCUT2D eigenvalue weighted by Gasteiger charge is -2.13. The van der Waals surface area contributed by atoms with E-state index >= 15 is 0 Å². The minimum absolute atomic E-state index is 0.521. The molecule has 1 atom stereocenters. The van der Waals surface area contributed by atoms with Crippen molar-refractivity contribution in [2.24, 2.45) is 0 Å². The van der Waals surface area contributed by atoms with Crippen LogP contribution in [0.5, 0.6) is 5.75 Å². The van der Waals surface area contributed by atoms with Gasteiger partial charge in [0, 0.05) is 5.56 Å². The normalized spacial score (nSPS) is 12.4. The maximum absolute atomic E-state index is 10.1. The third-order valence-corrected chi connectivity index (χ3v) is 2.33. The van der Waals surface area contributed by atoms with Gasteiger partial charge in [-0.15, -0.1) is 0 Å². The van der Waals surface area contributed by atoms with Gasteiger partial charge in [-0.2, -0.15) is 0 Å². The van der Waals surface area contributed by atoms with E-state index in [0.29, 0.717) is 18.1 Å². The molecule has 0 radical (unpaired) electrons. The van der Waals surface area contributed by atoms with Crippen LogP contribution in [-0.4, -0.2) is 11.7 Å². The lowest BCUT2D eigenvalue weighted by atomic mass is 10.1. The van der Waals surface area contributed by atoms with Crippen LogP contribution in [0.25, 0.3) is 0 Å². The molecule has 2 rings (SSSR count). The molecule has 84 valence electrons. The van der Waals surface area contributed by atoms with Crippen molar-refractivity contribution in [3.05, 3.63) is 54.0 Å². The van der Waals surface area contributed by atoms with Gasteiger partial charge in [-0.05, 0) is 25.1 Å². The number of benzene rings is 1. The standard InChI is InChI=1S/C13H14O3/c1-2-15-11-7-4-3-6-10(11)13(14)12-8-5-9-16-12/h3-9,13-14H,2H2,1H3. The second-order valence-electron chi connectivity index (χ2n) is 3.39. The summed E-state index contributed by atoms with van der Waals surface area (Å²) in [5, 5.41) is 10.1. The molecule has 2 aromatic rings. The molecule has 0 bridgehead atoms. The second-order valence-corrected chi connectivity index (χ2v) is 3.39. The van der Waals surface area contributed by atoms with Crippen molar-refractivity contribution in [2.75, 3.05) is 6.61 Å². The van der Waals surface area contributed by atoms with Crippen molar-refractivity contribution < 1.29 is 14.3 Å². The fraction of sp³-hybridized carbons (Fsp3) is 0.231. The Balaban J connectivity index is 2.32. The minimum atomic E-state index is -0.780.